The van der Waals surface area contributed by atoms with Crippen molar-refractivity contribution in [1.29, 1.82) is 0 Å². The van der Waals surface area contributed by atoms with Crippen molar-refractivity contribution in [1.82, 2.24) is 9.97 Å². The number of nitrogens with one attached hydrogen (secondary N) is 1. The monoisotopic (exact) mass is 221 g/mol. The number of esters is 1. The van der Waals surface area contributed by atoms with Gasteiger partial charge in [-0.05, 0) is 0 Å². The molecule has 0 aromatic carbocycles. The van der Waals surface area contributed by atoms with Crippen LogP contribution in [0, 0.1) is 0 Å². The fourth-order valence-electron chi connectivity index (χ4n) is 0.676. The van der Waals surface area contributed by atoms with E-state index in [4.69, 9.17) is 23.4 Å². The van der Waals surface area contributed by atoms with Gasteiger partial charge in [-0.15, -0.1) is 0 Å². The quantitative estimate of drug-likeness (QED) is 0.606. The van der Waals surface area contributed by atoms with E-state index in [0.29, 0.717) is 0 Å². The van der Waals surface area contributed by atoms with Gasteiger partial charge in [0.2, 0.25) is 0 Å². The molecule has 1 heterocycles. The third kappa shape index (κ3) is 2.19. The lowest BCUT2D eigenvalue weighted by atomic mass is 10.4. The summed E-state index contributed by atoms with van der Waals surface area (Å²) in [5, 5.41) is 0.0936. The van der Waals surface area contributed by atoms with Crippen molar-refractivity contribution in [2.45, 2.75) is 0 Å². The zero-order valence-corrected chi connectivity index (χ0v) is 8.06. The molecule has 0 aliphatic rings. The van der Waals surface area contributed by atoms with Gasteiger partial charge in [-0.25, -0.2) is 14.8 Å². The Bertz CT molecular complexity index is 332. The van der Waals surface area contributed by atoms with Gasteiger partial charge >= 0.3 is 5.97 Å². The molecule has 0 radical (unpaired) electrons. The smallest absolute Gasteiger partial charge is 0.360 e. The predicted molar refractivity (Wildman–Crippen MR) is 47.9 cm³/mol. The highest BCUT2D eigenvalue weighted by atomic mass is 35.5. The van der Waals surface area contributed by atoms with Crippen molar-refractivity contribution in [3.63, 3.8) is 0 Å². The van der Waals surface area contributed by atoms with Gasteiger partial charge in [-0.1, -0.05) is 11.6 Å². The number of halogens is 2. The standard InChI is InChI=1S/C6H5Cl2N3O2/c1-13-6(12)4-5(11-8)9-2-3(7)10-4/h2H,1H3,(H,9,11). The molecular formula is C6H5Cl2N3O2. The largest absolute Gasteiger partial charge is 0.464 e. The summed E-state index contributed by atoms with van der Waals surface area (Å²) >= 11 is 10.8. The summed E-state index contributed by atoms with van der Waals surface area (Å²) < 4.78 is 4.44. The van der Waals surface area contributed by atoms with Gasteiger partial charge in [0, 0.05) is 11.8 Å². The molecular weight excluding hydrogens is 217 g/mol. The minimum Gasteiger partial charge on any atom is -0.464 e. The molecule has 0 aliphatic heterocycles. The van der Waals surface area contributed by atoms with Gasteiger partial charge in [0.15, 0.2) is 11.5 Å². The Morgan fingerprint density at radius 3 is 2.92 bits per heavy atom. The molecule has 0 amide bonds. The molecule has 1 aromatic rings. The first-order chi connectivity index (χ1) is 6.19. The molecule has 13 heavy (non-hydrogen) atoms. The summed E-state index contributed by atoms with van der Waals surface area (Å²) in [4.78, 5) is 20.7. The fraction of sp³-hybridized carbons (Fsp3) is 0.167. The number of nitrogens with zero attached hydrogens (tertiary/aromatic N) is 2. The topological polar surface area (TPSA) is 64.1 Å². The lowest BCUT2D eigenvalue weighted by Crippen LogP contribution is -2.08. The highest BCUT2D eigenvalue weighted by Gasteiger charge is 2.15. The van der Waals surface area contributed by atoms with Gasteiger partial charge in [-0.2, -0.15) is 0 Å². The highest BCUT2D eigenvalue weighted by molar-refractivity contribution is 6.29. The van der Waals surface area contributed by atoms with Crippen LogP contribution in [0.2, 0.25) is 5.15 Å². The summed E-state index contributed by atoms with van der Waals surface area (Å²) in [6.45, 7) is 0. The van der Waals surface area contributed by atoms with E-state index in [-0.39, 0.29) is 16.7 Å². The highest BCUT2D eigenvalue weighted by Crippen LogP contribution is 2.14. The fourth-order valence-corrected chi connectivity index (χ4v) is 0.947. The van der Waals surface area contributed by atoms with Crippen LogP contribution in [0.15, 0.2) is 6.20 Å². The maximum Gasteiger partial charge on any atom is 0.360 e. The molecule has 1 aromatic heterocycles. The second-order valence-corrected chi connectivity index (χ2v) is 2.55. The third-order valence-corrected chi connectivity index (χ3v) is 1.57. The molecule has 0 bridgehead atoms. The van der Waals surface area contributed by atoms with Crippen LogP contribution in [0.25, 0.3) is 0 Å². The normalized spacial score (nSPS) is 9.46. The van der Waals surface area contributed by atoms with Crippen LogP contribution in [0.5, 0.6) is 0 Å². The summed E-state index contributed by atoms with van der Waals surface area (Å²) in [6.07, 6.45) is 1.26. The summed E-state index contributed by atoms with van der Waals surface area (Å²) in [5.41, 5.74) is -0.0509. The van der Waals surface area contributed by atoms with Crippen molar-refractivity contribution in [3.05, 3.63) is 17.0 Å². The lowest BCUT2D eigenvalue weighted by molar-refractivity contribution is 0.0595. The molecule has 5 nitrogen and oxygen atoms in total. The van der Waals surface area contributed by atoms with E-state index in [0.717, 1.165) is 0 Å². The predicted octanol–water partition coefficient (Wildman–Crippen LogP) is 1.48. The summed E-state index contributed by atoms with van der Waals surface area (Å²) in [5.74, 6) is -0.545. The van der Waals surface area contributed by atoms with Crippen LogP contribution in [-0.4, -0.2) is 23.0 Å². The van der Waals surface area contributed by atoms with E-state index in [9.17, 15) is 4.79 Å². The number of methoxy groups -OCH3 is 1. The number of hydrogen-bond donors (Lipinski definition) is 1. The molecule has 0 fully saturated rings. The van der Waals surface area contributed by atoms with Crippen molar-refractivity contribution in [2.24, 2.45) is 0 Å². The average Bonchev–Trinajstić information content (AvgIpc) is 2.16. The van der Waals surface area contributed by atoms with Crippen molar-refractivity contribution in [3.8, 4) is 0 Å². The molecule has 1 N–H and O–H groups in total. The van der Waals surface area contributed by atoms with Crippen LogP contribution in [-0.2, 0) is 4.74 Å². The number of carbonyl (C=O) groups is 1. The Morgan fingerprint density at radius 2 is 2.38 bits per heavy atom. The number of ether oxygens (including phenoxy) is 1. The molecule has 70 valence electrons. The van der Waals surface area contributed by atoms with E-state index in [1.165, 1.54) is 13.3 Å². The average molecular weight is 222 g/mol. The second-order valence-electron chi connectivity index (χ2n) is 1.98. The number of anilines is 1. The zero-order valence-electron chi connectivity index (χ0n) is 6.54. The van der Waals surface area contributed by atoms with E-state index in [1.807, 2.05) is 0 Å². The number of carbonyl (C=O) groups excluding carboxylic acids is 1. The molecule has 0 aliphatic carbocycles. The molecule has 1 rings (SSSR count). The van der Waals surface area contributed by atoms with Gasteiger partial charge < -0.3 is 4.74 Å². The second kappa shape index (κ2) is 4.25. The molecule has 0 atom stereocenters. The van der Waals surface area contributed by atoms with Crippen molar-refractivity contribution < 1.29 is 9.53 Å². The van der Waals surface area contributed by atoms with Gasteiger partial charge in [0.05, 0.1) is 13.3 Å². The SMILES string of the molecule is COC(=O)c1nc(Cl)cnc1NCl. The molecule has 0 saturated carbocycles. The van der Waals surface area contributed by atoms with E-state index in [2.05, 4.69) is 19.5 Å². The Balaban J connectivity index is 3.15. The van der Waals surface area contributed by atoms with Crippen LogP contribution >= 0.6 is 23.4 Å². The number of aromatic nitrogens is 2. The zero-order chi connectivity index (χ0) is 9.84. The van der Waals surface area contributed by atoms with E-state index < -0.39 is 5.97 Å². The number of hydrogen-bond acceptors (Lipinski definition) is 5. The van der Waals surface area contributed by atoms with Crippen LogP contribution < -0.4 is 4.84 Å². The van der Waals surface area contributed by atoms with Gasteiger partial charge in [0.1, 0.15) is 5.15 Å². The van der Waals surface area contributed by atoms with Crippen molar-refractivity contribution in [2.75, 3.05) is 11.9 Å². The molecule has 7 heteroatoms. The first-order valence-corrected chi connectivity index (χ1v) is 3.92. The Labute approximate surface area is 84.1 Å². The van der Waals surface area contributed by atoms with E-state index in [1.54, 1.807) is 0 Å². The molecule has 0 spiro atoms. The molecule has 0 unspecified atom stereocenters. The minimum absolute atomic E-state index is 0.0509. The van der Waals surface area contributed by atoms with Gasteiger partial charge in [0.25, 0.3) is 0 Å². The molecule has 0 saturated heterocycles. The lowest BCUT2D eigenvalue weighted by Gasteiger charge is -2.03. The van der Waals surface area contributed by atoms with Gasteiger partial charge in [-0.3, -0.25) is 4.84 Å². The van der Waals surface area contributed by atoms with Crippen molar-refractivity contribution >= 4 is 35.2 Å². The minimum atomic E-state index is -0.654. The summed E-state index contributed by atoms with van der Waals surface area (Å²) in [7, 11) is 1.23. The maximum atomic E-state index is 11.1. The van der Waals surface area contributed by atoms with E-state index >= 15 is 0 Å². The van der Waals surface area contributed by atoms with Crippen LogP contribution in [0.4, 0.5) is 5.82 Å². The Kier molecular flexibility index (Phi) is 3.27. The first-order valence-electron chi connectivity index (χ1n) is 3.16. The third-order valence-electron chi connectivity index (χ3n) is 1.21. The Hall–Kier alpha value is -1.07. The van der Waals surface area contributed by atoms with Crippen LogP contribution in [0.1, 0.15) is 10.5 Å². The summed E-state index contributed by atoms with van der Waals surface area (Å²) in [6, 6.07) is 0. The first kappa shape index (κ1) is 10.0. The van der Waals surface area contributed by atoms with Crippen LogP contribution in [0.3, 0.4) is 0 Å². The maximum absolute atomic E-state index is 11.1. The Morgan fingerprint density at radius 1 is 1.69 bits per heavy atom. The number of rotatable bonds is 2.